The topological polar surface area (TPSA) is 30.0 Å². The number of benzene rings is 1. The SMILES string of the molecule is O=c1ccc2cncsc-2c1. The summed E-state index contributed by atoms with van der Waals surface area (Å²) in [5, 5.41) is 0. The van der Waals surface area contributed by atoms with Crippen molar-refractivity contribution in [2.24, 2.45) is 0 Å². The Labute approximate surface area is 67.5 Å². The predicted molar refractivity (Wildman–Crippen MR) is 45.0 cm³/mol. The van der Waals surface area contributed by atoms with E-state index in [4.69, 9.17) is 0 Å². The Kier molecular flexibility index (Phi) is 1.43. The van der Waals surface area contributed by atoms with E-state index in [0.29, 0.717) is 0 Å². The van der Waals surface area contributed by atoms with Crippen molar-refractivity contribution in [1.29, 1.82) is 0 Å². The first-order valence-corrected chi connectivity index (χ1v) is 4.07. The average Bonchev–Trinajstić information content (AvgIpc) is 2.04. The Morgan fingerprint density at radius 3 is 3.18 bits per heavy atom. The molecule has 0 radical (unpaired) electrons. The number of hydrogen-bond acceptors (Lipinski definition) is 3. The molecule has 2 nitrogen and oxygen atoms in total. The molecule has 3 heteroatoms. The molecule has 0 saturated heterocycles. The van der Waals surface area contributed by atoms with Gasteiger partial charge in [0.25, 0.3) is 0 Å². The van der Waals surface area contributed by atoms with Crippen molar-refractivity contribution in [3.63, 3.8) is 0 Å². The van der Waals surface area contributed by atoms with Crippen molar-refractivity contribution in [3.8, 4) is 10.4 Å². The quantitative estimate of drug-likeness (QED) is 0.590. The molecule has 0 aromatic heterocycles. The normalized spacial score (nSPS) is 10.2. The molecule has 0 aromatic carbocycles. The molecule has 0 unspecified atom stereocenters. The Hall–Kier alpha value is -1.22. The van der Waals surface area contributed by atoms with E-state index < -0.39 is 0 Å². The molecule has 0 aromatic rings. The fourth-order valence-electron chi connectivity index (χ4n) is 0.921. The minimum absolute atomic E-state index is 0.0555. The van der Waals surface area contributed by atoms with Crippen LogP contribution in [-0.4, -0.2) is 4.98 Å². The third-order valence-corrected chi connectivity index (χ3v) is 2.27. The summed E-state index contributed by atoms with van der Waals surface area (Å²) in [6.07, 6.45) is 1.76. The zero-order chi connectivity index (χ0) is 7.68. The van der Waals surface area contributed by atoms with Crippen LogP contribution in [0.25, 0.3) is 10.4 Å². The van der Waals surface area contributed by atoms with Crippen LogP contribution in [0.5, 0.6) is 0 Å². The van der Waals surface area contributed by atoms with E-state index in [1.807, 2.05) is 0 Å². The highest BCUT2D eigenvalue weighted by Crippen LogP contribution is 2.20. The molecule has 1 aliphatic heterocycles. The zero-order valence-corrected chi connectivity index (χ0v) is 6.47. The zero-order valence-electron chi connectivity index (χ0n) is 5.65. The molecule has 0 amide bonds. The highest BCUT2D eigenvalue weighted by atomic mass is 32.1. The van der Waals surface area contributed by atoms with Gasteiger partial charge in [-0.05, 0) is 12.1 Å². The summed E-state index contributed by atoms with van der Waals surface area (Å²) in [4.78, 5) is 15.8. The van der Waals surface area contributed by atoms with Crippen LogP contribution in [0.4, 0.5) is 0 Å². The minimum Gasteiger partial charge on any atom is -0.290 e. The molecule has 0 fully saturated rings. The lowest BCUT2D eigenvalue weighted by Crippen LogP contribution is -1.96. The third kappa shape index (κ3) is 1.14. The van der Waals surface area contributed by atoms with Gasteiger partial charge >= 0.3 is 0 Å². The highest BCUT2D eigenvalue weighted by Gasteiger charge is 1.99. The van der Waals surface area contributed by atoms with Gasteiger partial charge in [-0.3, -0.25) is 9.78 Å². The Bertz CT molecular complexity index is 396. The van der Waals surface area contributed by atoms with Gasteiger partial charge in [-0.1, -0.05) is 0 Å². The molecule has 54 valence electrons. The number of nitrogens with zero attached hydrogens (tertiary/aromatic N) is 1. The van der Waals surface area contributed by atoms with E-state index in [9.17, 15) is 4.79 Å². The Morgan fingerprint density at radius 1 is 1.36 bits per heavy atom. The molecule has 2 rings (SSSR count). The smallest absolute Gasteiger partial charge is 0.180 e. The van der Waals surface area contributed by atoms with Gasteiger partial charge in [0.1, 0.15) is 0 Å². The lowest BCUT2D eigenvalue weighted by Gasteiger charge is -1.98. The first-order valence-electron chi connectivity index (χ1n) is 3.19. The molecule has 0 bridgehead atoms. The maximum Gasteiger partial charge on any atom is 0.180 e. The average molecular weight is 163 g/mol. The van der Waals surface area contributed by atoms with E-state index in [1.165, 1.54) is 11.3 Å². The van der Waals surface area contributed by atoms with Gasteiger partial charge in [0.05, 0.1) is 5.51 Å². The van der Waals surface area contributed by atoms with Gasteiger partial charge in [-0.25, -0.2) is 0 Å². The lowest BCUT2D eigenvalue weighted by atomic mass is 10.2. The standard InChI is InChI=1S/C8H5NOS/c10-7-2-1-6-4-9-5-11-8(6)3-7/h1-5H. The summed E-state index contributed by atoms with van der Waals surface area (Å²) in [6.45, 7) is 0. The maximum atomic E-state index is 10.9. The van der Waals surface area contributed by atoms with Crippen LogP contribution < -0.4 is 5.43 Å². The largest absolute Gasteiger partial charge is 0.290 e. The molecule has 2 aliphatic rings. The molecular formula is C8H5NOS. The van der Waals surface area contributed by atoms with Crippen molar-refractivity contribution >= 4 is 11.3 Å². The van der Waals surface area contributed by atoms with E-state index in [-0.39, 0.29) is 5.43 Å². The Morgan fingerprint density at radius 2 is 2.27 bits per heavy atom. The van der Waals surface area contributed by atoms with Crippen LogP contribution in [0.3, 0.4) is 0 Å². The van der Waals surface area contributed by atoms with Gasteiger partial charge in [-0.2, -0.15) is 0 Å². The number of fused-ring (bicyclic) bond motifs is 1. The first kappa shape index (κ1) is 6.49. The minimum atomic E-state index is 0.0555. The molecule has 11 heavy (non-hydrogen) atoms. The predicted octanol–water partition coefficient (Wildman–Crippen LogP) is 1.61. The van der Waals surface area contributed by atoms with Gasteiger partial charge < -0.3 is 0 Å². The summed E-state index contributed by atoms with van der Waals surface area (Å²) in [5.74, 6) is 0. The molecule has 1 heterocycles. The van der Waals surface area contributed by atoms with Gasteiger partial charge in [0, 0.05) is 22.7 Å². The van der Waals surface area contributed by atoms with Crippen LogP contribution in [0.15, 0.2) is 34.7 Å². The second kappa shape index (κ2) is 2.43. The molecule has 0 spiro atoms. The molecule has 0 saturated carbocycles. The van der Waals surface area contributed by atoms with Crippen LogP contribution in [0.2, 0.25) is 0 Å². The summed E-state index contributed by atoms with van der Waals surface area (Å²) < 4.78 is 0. The van der Waals surface area contributed by atoms with Crippen LogP contribution in [0, 0.1) is 0 Å². The summed E-state index contributed by atoms with van der Waals surface area (Å²) in [5.41, 5.74) is 2.80. The monoisotopic (exact) mass is 163 g/mol. The summed E-state index contributed by atoms with van der Waals surface area (Å²) in [7, 11) is 0. The van der Waals surface area contributed by atoms with Crippen LogP contribution in [0.1, 0.15) is 0 Å². The second-order valence-corrected chi connectivity index (χ2v) is 3.09. The molecule has 0 N–H and O–H groups in total. The van der Waals surface area contributed by atoms with Crippen molar-refractivity contribution in [1.82, 2.24) is 4.98 Å². The van der Waals surface area contributed by atoms with Gasteiger partial charge in [-0.15, -0.1) is 11.3 Å². The fourth-order valence-corrected chi connectivity index (χ4v) is 1.60. The second-order valence-electron chi connectivity index (χ2n) is 2.20. The lowest BCUT2D eigenvalue weighted by molar-refractivity contribution is 1.38. The van der Waals surface area contributed by atoms with Crippen LogP contribution >= 0.6 is 11.3 Å². The van der Waals surface area contributed by atoms with Crippen LogP contribution in [-0.2, 0) is 0 Å². The number of aromatic nitrogens is 1. The van der Waals surface area contributed by atoms with Crippen molar-refractivity contribution in [2.75, 3.05) is 0 Å². The molecule has 1 aliphatic carbocycles. The molecule has 0 atom stereocenters. The summed E-state index contributed by atoms with van der Waals surface area (Å²) in [6, 6.07) is 4.97. The van der Waals surface area contributed by atoms with E-state index in [0.717, 1.165) is 10.4 Å². The summed E-state index contributed by atoms with van der Waals surface area (Å²) >= 11 is 1.48. The third-order valence-electron chi connectivity index (χ3n) is 1.44. The van der Waals surface area contributed by atoms with Crippen molar-refractivity contribution < 1.29 is 0 Å². The number of rotatable bonds is 0. The Balaban J connectivity index is 2.84. The van der Waals surface area contributed by atoms with E-state index >= 15 is 0 Å². The van der Waals surface area contributed by atoms with Crippen molar-refractivity contribution in [3.05, 3.63) is 40.1 Å². The first-order chi connectivity index (χ1) is 5.36. The molecular weight excluding hydrogens is 158 g/mol. The maximum absolute atomic E-state index is 10.9. The van der Waals surface area contributed by atoms with E-state index in [1.54, 1.807) is 29.9 Å². The highest BCUT2D eigenvalue weighted by molar-refractivity contribution is 7.13. The van der Waals surface area contributed by atoms with E-state index in [2.05, 4.69) is 4.98 Å². The van der Waals surface area contributed by atoms with Gasteiger partial charge in [0.15, 0.2) is 5.43 Å². The number of hydrogen-bond donors (Lipinski definition) is 0. The van der Waals surface area contributed by atoms with Crippen molar-refractivity contribution in [2.45, 2.75) is 0 Å². The van der Waals surface area contributed by atoms with Gasteiger partial charge in [0.2, 0.25) is 0 Å². The fraction of sp³-hybridized carbons (Fsp3) is 0.